The number of hydrogen-bond donors (Lipinski definition) is 3. The molecule has 2 atom stereocenters. The van der Waals surface area contributed by atoms with Gasteiger partial charge in [-0.05, 0) is 18.9 Å². The van der Waals surface area contributed by atoms with E-state index in [2.05, 4.69) is 9.88 Å². The number of hydrogen-bond acceptors (Lipinski definition) is 6. The summed E-state index contributed by atoms with van der Waals surface area (Å²) in [5.41, 5.74) is 1.56. The predicted octanol–water partition coefficient (Wildman–Crippen LogP) is 1.87. The summed E-state index contributed by atoms with van der Waals surface area (Å²) < 4.78 is 37.4. The highest BCUT2D eigenvalue weighted by atomic mass is 32.3. The Kier molecular flexibility index (Phi) is 5.19. The molecule has 4 bridgehead atoms. The lowest BCUT2D eigenvalue weighted by molar-refractivity contribution is -0.145. The molecule has 4 fully saturated rings. The molecular weight excluding hydrogens is 400 g/mol. The smallest absolute Gasteiger partial charge is 0.394 e. The fourth-order valence-electron chi connectivity index (χ4n) is 4.87. The van der Waals surface area contributed by atoms with Gasteiger partial charge >= 0.3 is 16.4 Å². The molecule has 4 aliphatic rings. The average molecular weight is 422 g/mol. The van der Waals surface area contributed by atoms with Crippen LogP contribution in [0.15, 0.2) is 30.5 Å². The molecule has 156 valence electrons. The van der Waals surface area contributed by atoms with Crippen molar-refractivity contribution in [2.45, 2.75) is 43.9 Å². The number of piperidine rings is 4. The SMILES string of the molecule is O=C(OC1CC2CC3CC(C1)N2CC3=O)c1c[nH]c2ccccc12.O=S(=O)(O)O. The van der Waals surface area contributed by atoms with E-state index >= 15 is 0 Å². The second kappa shape index (κ2) is 7.52. The van der Waals surface area contributed by atoms with Crippen LogP contribution in [0, 0.1) is 5.92 Å². The number of ketones is 1. The molecule has 5 heterocycles. The Hall–Kier alpha value is -2.27. The van der Waals surface area contributed by atoms with E-state index in [1.54, 1.807) is 6.20 Å². The van der Waals surface area contributed by atoms with Gasteiger partial charge in [0.1, 0.15) is 11.9 Å². The topological polar surface area (TPSA) is 137 Å². The number of carbonyl (C=O) groups is 2. The molecule has 0 saturated carbocycles. The quantitative estimate of drug-likeness (QED) is 0.493. The van der Waals surface area contributed by atoms with Crippen LogP contribution in [-0.2, 0) is 19.9 Å². The second-order valence-corrected chi connectivity index (χ2v) is 8.70. The molecule has 4 aliphatic heterocycles. The van der Waals surface area contributed by atoms with Crippen LogP contribution in [0.4, 0.5) is 0 Å². The van der Waals surface area contributed by atoms with Gasteiger partial charge in [-0.25, -0.2) is 4.79 Å². The van der Waals surface area contributed by atoms with Crippen LogP contribution in [0.3, 0.4) is 0 Å². The van der Waals surface area contributed by atoms with Crippen LogP contribution in [0.1, 0.15) is 36.0 Å². The third-order valence-corrected chi connectivity index (χ3v) is 6.00. The Morgan fingerprint density at radius 1 is 1.10 bits per heavy atom. The normalized spacial score (nSPS) is 30.6. The Morgan fingerprint density at radius 3 is 2.34 bits per heavy atom. The Morgan fingerprint density at radius 2 is 1.72 bits per heavy atom. The molecule has 1 aromatic heterocycles. The van der Waals surface area contributed by atoms with Gasteiger partial charge in [-0.15, -0.1) is 0 Å². The van der Waals surface area contributed by atoms with Crippen molar-refractivity contribution in [1.82, 2.24) is 9.88 Å². The number of fused-ring (bicyclic) bond motifs is 2. The molecule has 2 aromatic rings. The predicted molar refractivity (Wildman–Crippen MR) is 103 cm³/mol. The number of carbonyl (C=O) groups excluding carboxylic acids is 2. The summed E-state index contributed by atoms with van der Waals surface area (Å²) in [7, 11) is -4.67. The molecule has 3 N–H and O–H groups in total. The number of aromatic amines is 1. The minimum absolute atomic E-state index is 0.0356. The maximum atomic E-state index is 12.6. The molecule has 29 heavy (non-hydrogen) atoms. The van der Waals surface area contributed by atoms with Gasteiger partial charge in [-0.2, -0.15) is 8.42 Å². The molecule has 0 aliphatic carbocycles. The van der Waals surface area contributed by atoms with E-state index in [1.165, 1.54) is 0 Å². The zero-order chi connectivity index (χ0) is 20.8. The van der Waals surface area contributed by atoms with Gasteiger partial charge in [-0.3, -0.25) is 18.8 Å². The van der Waals surface area contributed by atoms with Crippen LogP contribution in [0.25, 0.3) is 10.9 Å². The van der Waals surface area contributed by atoms with Crippen LogP contribution < -0.4 is 0 Å². The van der Waals surface area contributed by atoms with Crippen LogP contribution in [0.5, 0.6) is 0 Å². The summed E-state index contributed by atoms with van der Waals surface area (Å²) in [6, 6.07) is 8.58. The van der Waals surface area contributed by atoms with E-state index in [1.807, 2.05) is 24.3 Å². The summed E-state index contributed by atoms with van der Waals surface area (Å²) in [5, 5.41) is 0.909. The van der Waals surface area contributed by atoms with Gasteiger partial charge in [-0.1, -0.05) is 18.2 Å². The molecule has 10 heteroatoms. The fourth-order valence-corrected chi connectivity index (χ4v) is 4.87. The van der Waals surface area contributed by atoms with Crippen molar-refractivity contribution < 1.29 is 31.8 Å². The van der Waals surface area contributed by atoms with Crippen molar-refractivity contribution in [1.29, 1.82) is 0 Å². The number of para-hydroxylation sites is 1. The van der Waals surface area contributed by atoms with E-state index in [4.69, 9.17) is 22.3 Å². The summed E-state index contributed by atoms with van der Waals surface area (Å²) in [6.45, 7) is 0.600. The minimum atomic E-state index is -4.67. The maximum Gasteiger partial charge on any atom is 0.394 e. The number of aromatic nitrogens is 1. The monoisotopic (exact) mass is 422 g/mol. The molecule has 0 amide bonds. The number of esters is 1. The lowest BCUT2D eigenvalue weighted by atomic mass is 9.72. The molecule has 6 rings (SSSR count). The van der Waals surface area contributed by atoms with Gasteiger partial charge in [0.15, 0.2) is 0 Å². The molecular formula is C19H22N2O7S. The molecule has 0 radical (unpaired) electrons. The minimum Gasteiger partial charge on any atom is -0.459 e. The van der Waals surface area contributed by atoms with E-state index in [0.29, 0.717) is 30.0 Å². The Labute approximate surface area is 167 Å². The van der Waals surface area contributed by atoms with Gasteiger partial charge in [0.25, 0.3) is 0 Å². The summed E-state index contributed by atoms with van der Waals surface area (Å²) in [6.07, 6.45) is 5.29. The van der Waals surface area contributed by atoms with Crippen molar-refractivity contribution in [3.63, 3.8) is 0 Å². The number of Topliss-reactive ketones (excluding diaryl/α,β-unsaturated/α-hetero) is 1. The highest BCUT2D eigenvalue weighted by Crippen LogP contribution is 2.42. The summed E-state index contributed by atoms with van der Waals surface area (Å²) >= 11 is 0. The first-order valence-electron chi connectivity index (χ1n) is 9.44. The number of H-pyrrole nitrogens is 1. The number of nitrogens with one attached hydrogen (secondary N) is 1. The van der Waals surface area contributed by atoms with Gasteiger partial charge < -0.3 is 9.72 Å². The van der Waals surface area contributed by atoms with Gasteiger partial charge in [0, 0.05) is 47.9 Å². The number of rotatable bonds is 2. The van der Waals surface area contributed by atoms with Crippen molar-refractivity contribution in [3.05, 3.63) is 36.0 Å². The van der Waals surface area contributed by atoms with Crippen molar-refractivity contribution in [2.24, 2.45) is 5.92 Å². The van der Waals surface area contributed by atoms with E-state index < -0.39 is 10.4 Å². The van der Waals surface area contributed by atoms with Gasteiger partial charge in [0.05, 0.1) is 12.1 Å². The zero-order valence-electron chi connectivity index (χ0n) is 15.5. The number of benzene rings is 1. The Balaban J connectivity index is 0.000000369. The average Bonchev–Trinajstić information content (AvgIpc) is 3.04. The van der Waals surface area contributed by atoms with E-state index in [9.17, 15) is 9.59 Å². The van der Waals surface area contributed by atoms with Crippen molar-refractivity contribution >= 4 is 33.1 Å². The lowest BCUT2D eigenvalue weighted by Crippen LogP contribution is -2.63. The van der Waals surface area contributed by atoms with Crippen molar-refractivity contribution in [3.8, 4) is 0 Å². The third-order valence-electron chi connectivity index (χ3n) is 6.00. The van der Waals surface area contributed by atoms with Crippen LogP contribution in [-0.4, -0.2) is 63.9 Å². The molecule has 4 saturated heterocycles. The Bertz CT molecular complexity index is 1020. The maximum absolute atomic E-state index is 12.6. The summed E-state index contributed by atoms with van der Waals surface area (Å²) in [4.78, 5) is 30.0. The zero-order valence-corrected chi connectivity index (χ0v) is 16.3. The van der Waals surface area contributed by atoms with E-state index in [0.717, 1.165) is 36.6 Å². The summed E-state index contributed by atoms with van der Waals surface area (Å²) in [5.74, 6) is 0.403. The third kappa shape index (κ3) is 4.35. The van der Waals surface area contributed by atoms with Crippen LogP contribution in [0.2, 0.25) is 0 Å². The molecule has 0 spiro atoms. The standard InChI is InChI=1S/C19H20N2O3.H2O4S/c22-18-10-21-12-5-11(18)6-13(21)8-14(7-12)24-19(23)16-9-20-17-4-2-1-3-15(16)17;1-5(2,3)4/h1-4,9,11-14,20H,5-8,10H2;(H2,1,2,3,4). The molecule has 2 unspecified atom stereocenters. The number of nitrogens with zero attached hydrogens (tertiary/aromatic N) is 1. The first-order valence-corrected chi connectivity index (χ1v) is 10.8. The van der Waals surface area contributed by atoms with Gasteiger partial charge in [0.2, 0.25) is 0 Å². The fraction of sp³-hybridized carbons (Fsp3) is 0.474. The molecule has 9 nitrogen and oxygen atoms in total. The highest BCUT2D eigenvalue weighted by Gasteiger charge is 2.49. The lowest BCUT2D eigenvalue weighted by Gasteiger charge is -2.54. The highest BCUT2D eigenvalue weighted by molar-refractivity contribution is 7.79. The second-order valence-electron chi connectivity index (χ2n) is 7.81. The first kappa shape index (κ1) is 20.0. The van der Waals surface area contributed by atoms with Crippen molar-refractivity contribution in [2.75, 3.05) is 6.54 Å². The first-order chi connectivity index (χ1) is 13.7. The van der Waals surface area contributed by atoms with Crippen LogP contribution >= 0.6 is 0 Å². The molecule has 1 aromatic carbocycles. The van der Waals surface area contributed by atoms with E-state index in [-0.39, 0.29) is 18.0 Å². The largest absolute Gasteiger partial charge is 0.459 e. The number of ether oxygens (including phenoxy) is 1.